The van der Waals surface area contributed by atoms with Crippen LogP contribution >= 0.6 is 0 Å². The molecule has 0 aliphatic rings. The third-order valence-electron chi connectivity index (χ3n) is 1.83. The minimum absolute atomic E-state index is 0.0796. The van der Waals surface area contributed by atoms with Gasteiger partial charge in [0, 0.05) is 11.6 Å². The fraction of sp³-hybridized carbons (Fsp3) is 0.182. The van der Waals surface area contributed by atoms with E-state index in [-0.39, 0.29) is 5.75 Å². The largest absolute Gasteiger partial charge is 0.507 e. The van der Waals surface area contributed by atoms with Crippen molar-refractivity contribution in [2.45, 2.75) is 0 Å². The lowest BCUT2D eigenvalue weighted by atomic mass is 10.2. The minimum Gasteiger partial charge on any atom is -0.507 e. The Morgan fingerprint density at radius 2 is 2.13 bits per heavy atom. The molecule has 0 saturated heterocycles. The molecule has 1 aromatic rings. The summed E-state index contributed by atoms with van der Waals surface area (Å²) < 4.78 is 9.41. The van der Waals surface area contributed by atoms with Crippen molar-refractivity contribution < 1.29 is 19.4 Å². The van der Waals surface area contributed by atoms with Crippen LogP contribution in [0.5, 0.6) is 11.5 Å². The lowest BCUT2D eigenvalue weighted by Crippen LogP contribution is -1.93. The molecule has 80 valence electrons. The van der Waals surface area contributed by atoms with Crippen LogP contribution in [0.1, 0.15) is 5.56 Å². The summed E-state index contributed by atoms with van der Waals surface area (Å²) in [4.78, 5) is 10.8. The van der Waals surface area contributed by atoms with E-state index in [1.165, 1.54) is 32.4 Å². The number of hydrogen-bond acceptors (Lipinski definition) is 4. The van der Waals surface area contributed by atoms with Gasteiger partial charge in [-0.1, -0.05) is 0 Å². The number of hydrogen-bond donors (Lipinski definition) is 1. The highest BCUT2D eigenvalue weighted by molar-refractivity contribution is 5.87. The van der Waals surface area contributed by atoms with Crippen molar-refractivity contribution in [1.29, 1.82) is 0 Å². The first-order chi connectivity index (χ1) is 7.17. The average molecular weight is 208 g/mol. The van der Waals surface area contributed by atoms with Crippen molar-refractivity contribution in [3.63, 3.8) is 0 Å². The maximum atomic E-state index is 10.8. The number of aromatic hydroxyl groups is 1. The molecule has 0 amide bonds. The van der Waals surface area contributed by atoms with E-state index in [9.17, 15) is 9.90 Å². The van der Waals surface area contributed by atoms with Gasteiger partial charge >= 0.3 is 5.97 Å². The fourth-order valence-corrected chi connectivity index (χ4v) is 1.02. The zero-order chi connectivity index (χ0) is 11.3. The van der Waals surface area contributed by atoms with Crippen molar-refractivity contribution >= 4 is 12.0 Å². The maximum Gasteiger partial charge on any atom is 0.330 e. The van der Waals surface area contributed by atoms with E-state index in [1.54, 1.807) is 12.1 Å². The van der Waals surface area contributed by atoms with E-state index in [0.717, 1.165) is 0 Å². The molecule has 1 N–H and O–H groups in total. The van der Waals surface area contributed by atoms with Crippen molar-refractivity contribution in [3.8, 4) is 11.5 Å². The molecule has 4 heteroatoms. The Labute approximate surface area is 87.7 Å². The molecule has 0 bridgehead atoms. The maximum absolute atomic E-state index is 10.8. The molecule has 15 heavy (non-hydrogen) atoms. The van der Waals surface area contributed by atoms with Crippen LogP contribution in [-0.4, -0.2) is 25.3 Å². The van der Waals surface area contributed by atoms with Gasteiger partial charge in [0.25, 0.3) is 0 Å². The molecule has 4 nitrogen and oxygen atoms in total. The van der Waals surface area contributed by atoms with Crippen molar-refractivity contribution in [3.05, 3.63) is 29.8 Å². The number of benzene rings is 1. The second-order valence-corrected chi connectivity index (χ2v) is 2.78. The molecule has 0 atom stereocenters. The summed E-state index contributed by atoms with van der Waals surface area (Å²) in [6, 6.07) is 4.75. The molecule has 0 unspecified atom stereocenters. The zero-order valence-electron chi connectivity index (χ0n) is 8.56. The standard InChI is InChI=1S/C11H12O4/c1-14-9-4-5-10(12)8(7-9)3-6-11(13)15-2/h3-7,12H,1-2H3. The van der Waals surface area contributed by atoms with E-state index in [1.807, 2.05) is 0 Å². The summed E-state index contributed by atoms with van der Waals surface area (Å²) in [5.41, 5.74) is 0.500. The van der Waals surface area contributed by atoms with E-state index in [0.29, 0.717) is 11.3 Å². The Balaban J connectivity index is 2.93. The third-order valence-corrected chi connectivity index (χ3v) is 1.83. The number of carbonyl (C=O) groups is 1. The van der Waals surface area contributed by atoms with Crippen molar-refractivity contribution in [2.75, 3.05) is 14.2 Å². The van der Waals surface area contributed by atoms with Gasteiger partial charge in [-0.2, -0.15) is 0 Å². The van der Waals surface area contributed by atoms with E-state index in [4.69, 9.17) is 4.74 Å². The Morgan fingerprint density at radius 3 is 2.73 bits per heavy atom. The molecule has 0 heterocycles. The second kappa shape index (κ2) is 5.05. The molecule has 0 spiro atoms. The number of ether oxygens (including phenoxy) is 2. The van der Waals surface area contributed by atoms with Gasteiger partial charge in [-0.3, -0.25) is 0 Å². The number of rotatable bonds is 3. The predicted octanol–water partition coefficient (Wildman–Crippen LogP) is 1.59. The molecule has 0 saturated carbocycles. The van der Waals surface area contributed by atoms with Crippen molar-refractivity contribution in [2.24, 2.45) is 0 Å². The first-order valence-electron chi connectivity index (χ1n) is 4.30. The summed E-state index contributed by atoms with van der Waals surface area (Å²) in [5, 5.41) is 9.46. The third kappa shape index (κ3) is 3.02. The molecule has 1 rings (SSSR count). The van der Waals surface area contributed by atoms with Gasteiger partial charge in [0.1, 0.15) is 11.5 Å². The molecule has 0 aromatic heterocycles. The Kier molecular flexibility index (Phi) is 3.74. The van der Waals surface area contributed by atoms with Gasteiger partial charge in [-0.05, 0) is 24.3 Å². The lowest BCUT2D eigenvalue weighted by Gasteiger charge is -2.02. The fourth-order valence-electron chi connectivity index (χ4n) is 1.02. The van der Waals surface area contributed by atoms with E-state index < -0.39 is 5.97 Å². The first-order valence-corrected chi connectivity index (χ1v) is 4.30. The summed E-state index contributed by atoms with van der Waals surface area (Å²) in [6.45, 7) is 0. The van der Waals surface area contributed by atoms with E-state index in [2.05, 4.69) is 4.74 Å². The number of carbonyl (C=O) groups excluding carboxylic acids is 1. The van der Waals surface area contributed by atoms with Crippen LogP contribution in [-0.2, 0) is 9.53 Å². The molecular formula is C11H12O4. The Bertz CT molecular complexity index is 382. The van der Waals surface area contributed by atoms with Crippen LogP contribution < -0.4 is 4.74 Å². The second-order valence-electron chi connectivity index (χ2n) is 2.78. The van der Waals surface area contributed by atoms with Crippen LogP contribution in [0.2, 0.25) is 0 Å². The van der Waals surface area contributed by atoms with Gasteiger partial charge in [0.05, 0.1) is 14.2 Å². The highest BCUT2D eigenvalue weighted by Gasteiger charge is 2.00. The van der Waals surface area contributed by atoms with Crippen molar-refractivity contribution in [1.82, 2.24) is 0 Å². The van der Waals surface area contributed by atoms with Gasteiger partial charge in [-0.15, -0.1) is 0 Å². The van der Waals surface area contributed by atoms with E-state index >= 15 is 0 Å². The molecule has 0 aliphatic carbocycles. The highest BCUT2D eigenvalue weighted by atomic mass is 16.5. The predicted molar refractivity (Wildman–Crippen MR) is 55.7 cm³/mol. The summed E-state index contributed by atoms with van der Waals surface area (Å²) >= 11 is 0. The van der Waals surface area contributed by atoms with Crippen LogP contribution in [0.15, 0.2) is 24.3 Å². The Hall–Kier alpha value is -1.97. The quantitative estimate of drug-likeness (QED) is 0.605. The normalized spacial score (nSPS) is 10.3. The zero-order valence-corrected chi connectivity index (χ0v) is 8.56. The van der Waals surface area contributed by atoms with Gasteiger partial charge in [0.15, 0.2) is 0 Å². The SMILES string of the molecule is COC(=O)C=Cc1cc(OC)ccc1O. The van der Waals surface area contributed by atoms with Gasteiger partial charge in [-0.25, -0.2) is 4.79 Å². The summed E-state index contributed by atoms with van der Waals surface area (Å²) in [6.07, 6.45) is 2.69. The lowest BCUT2D eigenvalue weighted by molar-refractivity contribution is -0.134. The van der Waals surface area contributed by atoms with Gasteiger partial charge < -0.3 is 14.6 Å². The van der Waals surface area contributed by atoms with Crippen LogP contribution in [0.3, 0.4) is 0 Å². The molecule has 0 radical (unpaired) electrons. The highest BCUT2D eigenvalue weighted by Crippen LogP contribution is 2.23. The monoisotopic (exact) mass is 208 g/mol. The molecule has 1 aromatic carbocycles. The number of phenols is 1. The molecular weight excluding hydrogens is 196 g/mol. The number of phenolic OH excluding ortho intramolecular Hbond substituents is 1. The molecule has 0 fully saturated rings. The molecule has 0 aliphatic heterocycles. The van der Waals surface area contributed by atoms with Crippen LogP contribution in [0, 0.1) is 0 Å². The topological polar surface area (TPSA) is 55.8 Å². The number of esters is 1. The minimum atomic E-state index is -0.475. The smallest absolute Gasteiger partial charge is 0.330 e. The summed E-state index contributed by atoms with van der Waals surface area (Å²) in [5.74, 6) is 0.213. The van der Waals surface area contributed by atoms with Crippen LogP contribution in [0.25, 0.3) is 6.08 Å². The van der Waals surface area contributed by atoms with Gasteiger partial charge in [0.2, 0.25) is 0 Å². The first kappa shape index (κ1) is 11.1. The Morgan fingerprint density at radius 1 is 1.40 bits per heavy atom. The number of methoxy groups -OCH3 is 2. The van der Waals surface area contributed by atoms with Crippen LogP contribution in [0.4, 0.5) is 0 Å². The average Bonchev–Trinajstić information content (AvgIpc) is 2.27. The summed E-state index contributed by atoms with van der Waals surface area (Å²) in [7, 11) is 2.82.